The fourth-order valence-electron chi connectivity index (χ4n) is 2.09. The molecule has 3 heterocycles. The largest absolute Gasteiger partial charge is 0.361 e. The average Bonchev–Trinajstić information content (AvgIpc) is 3.02. The molecular formula is C14H18N6. The number of aryl methyl sites for hydroxylation is 1. The van der Waals surface area contributed by atoms with E-state index in [2.05, 4.69) is 40.3 Å². The third-order valence-corrected chi connectivity index (χ3v) is 3.34. The first-order chi connectivity index (χ1) is 9.65. The lowest BCUT2D eigenvalue weighted by molar-refractivity contribution is 0.786. The van der Waals surface area contributed by atoms with Gasteiger partial charge in [0.15, 0.2) is 5.82 Å². The SMILES string of the molecule is CC(C)c1cc2c(NCc3nccn3C)nccn2n1. The molecule has 0 amide bonds. The number of hydrogen-bond donors (Lipinski definition) is 1. The van der Waals surface area contributed by atoms with Gasteiger partial charge in [-0.1, -0.05) is 13.8 Å². The van der Waals surface area contributed by atoms with Gasteiger partial charge in [0.05, 0.1) is 12.2 Å². The summed E-state index contributed by atoms with van der Waals surface area (Å²) in [5.74, 6) is 2.20. The van der Waals surface area contributed by atoms with Crippen molar-refractivity contribution in [3.8, 4) is 0 Å². The van der Waals surface area contributed by atoms with E-state index in [1.54, 1.807) is 12.4 Å². The fourth-order valence-corrected chi connectivity index (χ4v) is 2.09. The van der Waals surface area contributed by atoms with E-state index in [4.69, 9.17) is 0 Å². The molecule has 104 valence electrons. The highest BCUT2D eigenvalue weighted by Crippen LogP contribution is 2.20. The Hall–Kier alpha value is -2.37. The summed E-state index contributed by atoms with van der Waals surface area (Å²) in [6.07, 6.45) is 7.35. The second kappa shape index (κ2) is 4.96. The zero-order chi connectivity index (χ0) is 14.1. The molecular weight excluding hydrogens is 252 g/mol. The van der Waals surface area contributed by atoms with Gasteiger partial charge < -0.3 is 9.88 Å². The molecule has 0 saturated carbocycles. The summed E-state index contributed by atoms with van der Waals surface area (Å²) >= 11 is 0. The van der Waals surface area contributed by atoms with Crippen LogP contribution >= 0.6 is 0 Å². The summed E-state index contributed by atoms with van der Waals surface area (Å²) in [7, 11) is 1.98. The number of imidazole rings is 1. The first kappa shape index (κ1) is 12.7. The predicted octanol–water partition coefficient (Wildman–Crippen LogP) is 2.20. The first-order valence-electron chi connectivity index (χ1n) is 6.69. The summed E-state index contributed by atoms with van der Waals surface area (Å²) in [6, 6.07) is 2.08. The first-order valence-corrected chi connectivity index (χ1v) is 6.69. The molecule has 0 radical (unpaired) electrons. The van der Waals surface area contributed by atoms with Gasteiger partial charge in [-0.2, -0.15) is 5.10 Å². The number of aromatic nitrogens is 5. The summed E-state index contributed by atoms with van der Waals surface area (Å²) in [4.78, 5) is 8.69. The Morgan fingerprint density at radius 2 is 2.00 bits per heavy atom. The van der Waals surface area contributed by atoms with Crippen molar-refractivity contribution in [1.82, 2.24) is 24.1 Å². The number of anilines is 1. The van der Waals surface area contributed by atoms with Crippen LogP contribution in [0.1, 0.15) is 31.3 Å². The Morgan fingerprint density at radius 3 is 2.70 bits per heavy atom. The molecule has 0 aliphatic heterocycles. The van der Waals surface area contributed by atoms with Crippen molar-refractivity contribution < 1.29 is 0 Å². The predicted molar refractivity (Wildman–Crippen MR) is 77.6 cm³/mol. The molecule has 0 unspecified atom stereocenters. The van der Waals surface area contributed by atoms with E-state index in [1.807, 2.05) is 28.5 Å². The summed E-state index contributed by atoms with van der Waals surface area (Å²) in [5.41, 5.74) is 2.06. The van der Waals surface area contributed by atoms with Gasteiger partial charge in [-0.15, -0.1) is 0 Å². The second-order valence-corrected chi connectivity index (χ2v) is 5.14. The molecule has 20 heavy (non-hydrogen) atoms. The van der Waals surface area contributed by atoms with Gasteiger partial charge in [-0.25, -0.2) is 14.5 Å². The van der Waals surface area contributed by atoms with Crippen LogP contribution in [0.2, 0.25) is 0 Å². The van der Waals surface area contributed by atoms with Crippen LogP contribution in [0, 0.1) is 0 Å². The van der Waals surface area contributed by atoms with Crippen LogP contribution in [-0.2, 0) is 13.6 Å². The molecule has 0 fully saturated rings. The van der Waals surface area contributed by atoms with Gasteiger partial charge >= 0.3 is 0 Å². The number of hydrogen-bond acceptors (Lipinski definition) is 4. The molecule has 0 spiro atoms. The molecule has 6 nitrogen and oxygen atoms in total. The maximum absolute atomic E-state index is 4.55. The van der Waals surface area contributed by atoms with Crippen molar-refractivity contribution >= 4 is 11.3 Å². The number of fused-ring (bicyclic) bond motifs is 1. The Bertz CT molecular complexity index is 724. The van der Waals surface area contributed by atoms with Crippen LogP contribution in [0.15, 0.2) is 30.9 Å². The van der Waals surface area contributed by atoms with Gasteiger partial charge in [0.2, 0.25) is 0 Å². The summed E-state index contributed by atoms with van der Waals surface area (Å²) < 4.78 is 3.85. The highest BCUT2D eigenvalue weighted by Gasteiger charge is 2.10. The van der Waals surface area contributed by atoms with Crippen molar-refractivity contribution in [3.05, 3.63) is 42.4 Å². The van der Waals surface area contributed by atoms with E-state index in [-0.39, 0.29) is 0 Å². The van der Waals surface area contributed by atoms with Crippen molar-refractivity contribution in [1.29, 1.82) is 0 Å². The minimum Gasteiger partial charge on any atom is -0.361 e. The number of nitrogens with one attached hydrogen (secondary N) is 1. The maximum Gasteiger partial charge on any atom is 0.152 e. The second-order valence-electron chi connectivity index (χ2n) is 5.14. The van der Waals surface area contributed by atoms with Crippen LogP contribution in [0.25, 0.3) is 5.52 Å². The lowest BCUT2D eigenvalue weighted by Gasteiger charge is -2.06. The molecule has 0 atom stereocenters. The normalized spacial score (nSPS) is 11.4. The maximum atomic E-state index is 4.55. The Morgan fingerprint density at radius 1 is 1.20 bits per heavy atom. The van der Waals surface area contributed by atoms with Gasteiger partial charge in [0, 0.05) is 31.8 Å². The third kappa shape index (κ3) is 2.24. The minimum absolute atomic E-state index is 0.400. The third-order valence-electron chi connectivity index (χ3n) is 3.34. The molecule has 3 aromatic rings. The van der Waals surface area contributed by atoms with Gasteiger partial charge in [0.25, 0.3) is 0 Å². The molecule has 0 aliphatic rings. The molecule has 0 bridgehead atoms. The van der Waals surface area contributed by atoms with Crippen molar-refractivity contribution in [3.63, 3.8) is 0 Å². The smallest absolute Gasteiger partial charge is 0.152 e. The number of nitrogens with zero attached hydrogens (tertiary/aromatic N) is 5. The lowest BCUT2D eigenvalue weighted by Crippen LogP contribution is -2.07. The molecule has 1 N–H and O–H groups in total. The van der Waals surface area contributed by atoms with E-state index in [0.717, 1.165) is 22.9 Å². The highest BCUT2D eigenvalue weighted by atomic mass is 15.2. The van der Waals surface area contributed by atoms with Crippen molar-refractivity contribution in [2.45, 2.75) is 26.3 Å². The van der Waals surface area contributed by atoms with Crippen LogP contribution in [0.3, 0.4) is 0 Å². The molecule has 0 saturated heterocycles. The van der Waals surface area contributed by atoms with E-state index >= 15 is 0 Å². The monoisotopic (exact) mass is 270 g/mol. The zero-order valence-corrected chi connectivity index (χ0v) is 11.9. The Balaban J connectivity index is 1.89. The van der Waals surface area contributed by atoms with Gasteiger partial charge in [-0.05, 0) is 12.0 Å². The highest BCUT2D eigenvalue weighted by molar-refractivity contribution is 5.67. The Kier molecular flexibility index (Phi) is 3.14. The van der Waals surface area contributed by atoms with Crippen LogP contribution in [0.4, 0.5) is 5.82 Å². The summed E-state index contributed by atoms with van der Waals surface area (Å²) in [5, 5.41) is 7.88. The standard InChI is InChI=1S/C14H18N6/c1-10(2)11-8-12-14(16-5-7-20(12)18-11)17-9-13-15-4-6-19(13)3/h4-8,10H,9H2,1-3H3,(H,16,17). The zero-order valence-electron chi connectivity index (χ0n) is 11.9. The van der Waals surface area contributed by atoms with Crippen molar-refractivity contribution in [2.75, 3.05) is 5.32 Å². The van der Waals surface area contributed by atoms with E-state index < -0.39 is 0 Å². The van der Waals surface area contributed by atoms with Crippen LogP contribution in [0.5, 0.6) is 0 Å². The topological polar surface area (TPSA) is 60.0 Å². The molecule has 3 rings (SSSR count). The van der Waals surface area contributed by atoms with E-state index in [0.29, 0.717) is 12.5 Å². The molecule has 6 heteroatoms. The van der Waals surface area contributed by atoms with E-state index in [1.165, 1.54) is 0 Å². The van der Waals surface area contributed by atoms with Gasteiger partial charge in [0.1, 0.15) is 11.3 Å². The van der Waals surface area contributed by atoms with Crippen LogP contribution < -0.4 is 5.32 Å². The molecule has 3 aromatic heterocycles. The number of rotatable bonds is 4. The lowest BCUT2D eigenvalue weighted by atomic mass is 10.1. The Labute approximate surface area is 117 Å². The molecule has 0 aliphatic carbocycles. The average molecular weight is 270 g/mol. The van der Waals surface area contributed by atoms with Crippen LogP contribution in [-0.4, -0.2) is 24.1 Å². The van der Waals surface area contributed by atoms with E-state index in [9.17, 15) is 0 Å². The fraction of sp³-hybridized carbons (Fsp3) is 0.357. The molecule has 0 aromatic carbocycles. The quantitative estimate of drug-likeness (QED) is 0.789. The van der Waals surface area contributed by atoms with Gasteiger partial charge in [-0.3, -0.25) is 0 Å². The summed E-state index contributed by atoms with van der Waals surface area (Å²) in [6.45, 7) is 4.91. The van der Waals surface area contributed by atoms with Crippen molar-refractivity contribution in [2.24, 2.45) is 7.05 Å². The minimum atomic E-state index is 0.400.